The molecular weight excluding hydrogens is 205 g/mol. The summed E-state index contributed by atoms with van der Waals surface area (Å²) in [5.74, 6) is 0.441. The van der Waals surface area contributed by atoms with Gasteiger partial charge >= 0.3 is 11.8 Å². The minimum absolute atomic E-state index is 0.322. The van der Waals surface area contributed by atoms with Crippen LogP contribution in [0.2, 0.25) is 0 Å². The third-order valence-electron chi connectivity index (χ3n) is 1.38. The average Bonchev–Trinajstić information content (AvgIpc) is 2.20. The van der Waals surface area contributed by atoms with Gasteiger partial charge in [-0.05, 0) is 0 Å². The van der Waals surface area contributed by atoms with Gasteiger partial charge in [0.15, 0.2) is 18.2 Å². The first-order valence-electron chi connectivity index (χ1n) is 3.71. The number of carbonyl (C=O) groups is 1. The van der Waals surface area contributed by atoms with Crippen LogP contribution in [0.3, 0.4) is 0 Å². The van der Waals surface area contributed by atoms with Crippen molar-refractivity contribution in [3.8, 4) is 12.3 Å². The Morgan fingerprint density at radius 1 is 1.80 bits per heavy atom. The molecular formula is C8H6FN3O3. The summed E-state index contributed by atoms with van der Waals surface area (Å²) >= 11 is 0. The molecule has 0 amide bonds. The first kappa shape index (κ1) is 10.7. The van der Waals surface area contributed by atoms with Gasteiger partial charge in [-0.15, -0.1) is 6.42 Å². The lowest BCUT2D eigenvalue weighted by molar-refractivity contribution is 0.160. The number of hydrogen-bond donors (Lipinski definition) is 1. The van der Waals surface area contributed by atoms with Gasteiger partial charge in [-0.2, -0.15) is 9.55 Å². The zero-order valence-corrected chi connectivity index (χ0v) is 7.44. The highest BCUT2D eigenvalue weighted by Crippen LogP contribution is 2.00. The van der Waals surface area contributed by atoms with E-state index in [9.17, 15) is 14.0 Å². The van der Waals surface area contributed by atoms with E-state index in [0.29, 0.717) is 10.8 Å². The molecule has 1 aromatic rings. The molecule has 1 heterocycles. The molecule has 0 bridgehead atoms. The van der Waals surface area contributed by atoms with E-state index < -0.39 is 23.4 Å². The minimum atomic E-state index is -1.11. The fraction of sp³-hybridized carbons (Fsp3) is 0.125. The van der Waals surface area contributed by atoms with Crippen molar-refractivity contribution in [3.05, 3.63) is 22.5 Å². The lowest BCUT2D eigenvalue weighted by Gasteiger charge is -2.03. The Morgan fingerprint density at radius 2 is 2.47 bits per heavy atom. The topological polar surface area (TPSA) is 87.2 Å². The highest BCUT2D eigenvalue weighted by molar-refractivity contribution is 5.70. The van der Waals surface area contributed by atoms with Crippen LogP contribution < -0.4 is 11.4 Å². The largest absolute Gasteiger partial charge is 0.436 e. The second-order valence-corrected chi connectivity index (χ2v) is 2.39. The summed E-state index contributed by atoms with van der Waals surface area (Å²) in [5.41, 5.74) is 3.97. The quantitative estimate of drug-likeness (QED) is 0.637. The monoisotopic (exact) mass is 211 g/mol. The fourth-order valence-electron chi connectivity index (χ4n) is 0.749. The molecule has 0 atom stereocenters. The van der Waals surface area contributed by atoms with Gasteiger partial charge in [0.2, 0.25) is 0 Å². The predicted octanol–water partition coefficient (Wildman–Crippen LogP) is -0.417. The summed E-state index contributed by atoms with van der Waals surface area (Å²) in [7, 11) is 0. The number of aromatic nitrogens is 2. The van der Waals surface area contributed by atoms with Crippen molar-refractivity contribution in [1.29, 1.82) is 0 Å². The van der Waals surface area contributed by atoms with Crippen LogP contribution in [0.4, 0.5) is 15.0 Å². The summed E-state index contributed by atoms with van der Waals surface area (Å²) < 4.78 is 17.6. The molecule has 0 spiro atoms. The second kappa shape index (κ2) is 4.23. The molecule has 0 aliphatic rings. The minimum Gasteiger partial charge on any atom is -0.436 e. The van der Waals surface area contributed by atoms with Gasteiger partial charge in [-0.25, -0.2) is 14.0 Å². The van der Waals surface area contributed by atoms with Crippen LogP contribution in [0.1, 0.15) is 0 Å². The van der Waals surface area contributed by atoms with Crippen molar-refractivity contribution in [3.63, 3.8) is 0 Å². The molecule has 0 radical (unpaired) electrons. The molecule has 0 aliphatic heterocycles. The molecule has 0 saturated heterocycles. The highest BCUT2D eigenvalue weighted by Gasteiger charge is 2.12. The van der Waals surface area contributed by atoms with Gasteiger partial charge in [0.25, 0.3) is 0 Å². The summed E-state index contributed by atoms with van der Waals surface area (Å²) in [5, 5.41) is 0. The number of nitrogen functional groups attached to an aromatic ring is 1. The highest BCUT2D eigenvalue weighted by atomic mass is 19.1. The molecule has 0 fully saturated rings. The molecule has 0 saturated carbocycles. The maximum atomic E-state index is 12.8. The molecule has 0 unspecified atom stereocenters. The standard InChI is InChI=1S/C8H6FN3O3/c1-2-3-15-8(14)12-4-5(9)6(10)11-7(12)13/h1,4H,3H2,(H2,10,11,13). The Kier molecular flexibility index (Phi) is 3.03. The average molecular weight is 211 g/mol. The van der Waals surface area contributed by atoms with Crippen molar-refractivity contribution in [2.75, 3.05) is 12.3 Å². The molecule has 7 heteroatoms. The van der Waals surface area contributed by atoms with Crippen LogP contribution in [0, 0.1) is 18.2 Å². The lowest BCUT2D eigenvalue weighted by Crippen LogP contribution is -2.31. The van der Waals surface area contributed by atoms with Crippen LogP contribution in [0.15, 0.2) is 11.0 Å². The first-order valence-corrected chi connectivity index (χ1v) is 3.71. The number of nitrogens with zero attached hydrogens (tertiary/aromatic N) is 2. The summed E-state index contributed by atoms with van der Waals surface area (Å²) in [6.45, 7) is -0.322. The zero-order chi connectivity index (χ0) is 11.4. The van der Waals surface area contributed by atoms with Gasteiger partial charge in [-0.3, -0.25) is 0 Å². The molecule has 0 aliphatic carbocycles. The number of ether oxygens (including phenoxy) is 1. The van der Waals surface area contributed by atoms with E-state index in [1.165, 1.54) is 0 Å². The number of hydrogen-bond acceptors (Lipinski definition) is 5. The van der Waals surface area contributed by atoms with Crippen molar-refractivity contribution < 1.29 is 13.9 Å². The fourth-order valence-corrected chi connectivity index (χ4v) is 0.749. The van der Waals surface area contributed by atoms with Crippen LogP contribution in [-0.2, 0) is 4.74 Å². The van der Waals surface area contributed by atoms with E-state index >= 15 is 0 Å². The van der Waals surface area contributed by atoms with E-state index in [4.69, 9.17) is 12.2 Å². The first-order chi connectivity index (χ1) is 7.06. The van der Waals surface area contributed by atoms with Crippen molar-refractivity contribution in [2.45, 2.75) is 0 Å². The van der Waals surface area contributed by atoms with E-state index in [2.05, 4.69) is 9.72 Å². The van der Waals surface area contributed by atoms with Crippen LogP contribution in [-0.4, -0.2) is 22.3 Å². The van der Waals surface area contributed by atoms with Gasteiger partial charge in [0, 0.05) is 0 Å². The van der Waals surface area contributed by atoms with E-state index in [1.807, 2.05) is 5.92 Å². The molecule has 15 heavy (non-hydrogen) atoms. The van der Waals surface area contributed by atoms with E-state index in [1.54, 1.807) is 0 Å². The molecule has 1 aromatic heterocycles. The van der Waals surface area contributed by atoms with Crippen LogP contribution in [0.5, 0.6) is 0 Å². The Bertz CT molecular complexity index is 489. The molecule has 78 valence electrons. The van der Waals surface area contributed by atoms with Crippen LogP contribution >= 0.6 is 0 Å². The number of carbonyl (C=O) groups excluding carboxylic acids is 1. The lowest BCUT2D eigenvalue weighted by atomic mass is 10.5. The SMILES string of the molecule is C#CCOC(=O)n1cc(F)c(N)nc1=O. The number of anilines is 1. The van der Waals surface area contributed by atoms with E-state index in [0.717, 1.165) is 0 Å². The van der Waals surface area contributed by atoms with Gasteiger partial charge in [-0.1, -0.05) is 5.92 Å². The summed E-state index contributed by atoms with van der Waals surface area (Å²) in [6, 6.07) is 0. The van der Waals surface area contributed by atoms with Gasteiger partial charge in [0.1, 0.15) is 0 Å². The van der Waals surface area contributed by atoms with Gasteiger partial charge < -0.3 is 10.5 Å². The Labute approximate surface area is 83.5 Å². The Morgan fingerprint density at radius 3 is 3.07 bits per heavy atom. The maximum absolute atomic E-state index is 12.8. The summed E-state index contributed by atoms with van der Waals surface area (Å²) in [6.07, 6.45) is 4.30. The molecule has 6 nitrogen and oxygen atoms in total. The van der Waals surface area contributed by atoms with Gasteiger partial charge in [0.05, 0.1) is 6.20 Å². The Balaban J connectivity index is 3.06. The molecule has 0 aromatic carbocycles. The number of halogens is 1. The number of nitrogens with two attached hydrogens (primary N) is 1. The number of rotatable bonds is 1. The van der Waals surface area contributed by atoms with Crippen molar-refractivity contribution in [1.82, 2.24) is 9.55 Å². The Hall–Kier alpha value is -2.36. The number of terminal acetylenes is 1. The second-order valence-electron chi connectivity index (χ2n) is 2.39. The third kappa shape index (κ3) is 2.31. The van der Waals surface area contributed by atoms with E-state index in [-0.39, 0.29) is 6.61 Å². The molecule has 2 N–H and O–H groups in total. The van der Waals surface area contributed by atoms with Crippen LogP contribution in [0.25, 0.3) is 0 Å². The van der Waals surface area contributed by atoms with Crippen molar-refractivity contribution >= 4 is 11.9 Å². The zero-order valence-electron chi connectivity index (χ0n) is 7.44. The predicted molar refractivity (Wildman–Crippen MR) is 48.4 cm³/mol. The molecule has 1 rings (SSSR count). The normalized spacial score (nSPS) is 9.33. The van der Waals surface area contributed by atoms with Crippen molar-refractivity contribution in [2.24, 2.45) is 0 Å². The smallest absolute Gasteiger partial charge is 0.423 e. The maximum Gasteiger partial charge on any atom is 0.423 e. The third-order valence-corrected chi connectivity index (χ3v) is 1.38. The summed E-state index contributed by atoms with van der Waals surface area (Å²) in [4.78, 5) is 25.2.